The Morgan fingerprint density at radius 2 is 1.86 bits per heavy atom. The average Bonchev–Trinajstić information content (AvgIpc) is 3.36. The molecule has 0 radical (unpaired) electrons. The fourth-order valence-corrected chi connectivity index (χ4v) is 4.95. The van der Waals surface area contributed by atoms with Gasteiger partial charge in [0.05, 0.1) is 17.7 Å². The maximum absolute atomic E-state index is 13.8. The zero-order valence-electron chi connectivity index (χ0n) is 21.1. The van der Waals surface area contributed by atoms with Crippen LogP contribution in [-0.2, 0) is 6.42 Å². The van der Waals surface area contributed by atoms with Crippen LogP contribution in [0.2, 0.25) is 0 Å². The molecule has 1 aromatic heterocycles. The number of carbonyl (C=O) groups is 1. The quantitative estimate of drug-likeness (QED) is 0.311. The Balaban J connectivity index is 1.32. The lowest BCUT2D eigenvalue weighted by Crippen LogP contribution is -2.35. The first-order valence-corrected chi connectivity index (χ1v) is 12.9. The highest BCUT2D eigenvalue weighted by Gasteiger charge is 2.24. The highest BCUT2D eigenvalue weighted by atomic mass is 16.5. The number of likely N-dealkylation sites (tertiary alicyclic amines) is 1. The monoisotopic (exact) mass is 492 g/mol. The van der Waals surface area contributed by atoms with Gasteiger partial charge in [0, 0.05) is 48.4 Å². The van der Waals surface area contributed by atoms with Crippen molar-refractivity contribution in [2.24, 2.45) is 0 Å². The molecule has 0 bridgehead atoms. The van der Waals surface area contributed by atoms with Crippen molar-refractivity contribution in [1.82, 2.24) is 15.2 Å². The summed E-state index contributed by atoms with van der Waals surface area (Å²) >= 11 is 0. The van der Waals surface area contributed by atoms with E-state index in [-0.39, 0.29) is 11.9 Å². The minimum absolute atomic E-state index is 0.0289. The molecule has 1 aliphatic rings. The molecule has 5 rings (SSSR count). The molecule has 1 aliphatic heterocycles. The molecular weight excluding hydrogens is 460 g/mol. The van der Waals surface area contributed by atoms with Gasteiger partial charge in [0.25, 0.3) is 0 Å². The fourth-order valence-electron chi connectivity index (χ4n) is 4.95. The number of benzene rings is 3. The summed E-state index contributed by atoms with van der Waals surface area (Å²) < 4.78 is 6.25. The van der Waals surface area contributed by atoms with Crippen LogP contribution in [0.3, 0.4) is 0 Å². The number of aromatic nitrogens is 1. The smallest absolute Gasteiger partial charge is 0.186 e. The molecule has 0 aliphatic carbocycles. The van der Waals surface area contributed by atoms with Crippen molar-refractivity contribution < 1.29 is 9.53 Å². The number of nitrogens with one attached hydrogen (secondary N) is 2. The third kappa shape index (κ3) is 5.91. The van der Waals surface area contributed by atoms with Gasteiger partial charge in [-0.25, -0.2) is 0 Å². The molecule has 1 atom stereocenters. The zero-order chi connectivity index (χ0) is 25.6. The van der Waals surface area contributed by atoms with E-state index in [1.54, 1.807) is 0 Å². The minimum Gasteiger partial charge on any atom is -0.490 e. The Bertz CT molecular complexity index is 1380. The van der Waals surface area contributed by atoms with E-state index in [9.17, 15) is 4.79 Å². The molecular formula is C31H32N4O2. The van der Waals surface area contributed by atoms with E-state index in [0.717, 1.165) is 60.1 Å². The van der Waals surface area contributed by atoms with E-state index in [2.05, 4.69) is 28.3 Å². The molecule has 0 unspecified atom stereocenters. The number of aromatic amines is 1. The molecule has 2 heterocycles. The Labute approximate surface area is 217 Å². The standard InChI is InChI=1S/C31H32N4O2/c1-35-17-14-25(15-18-35)37-26-11-12-27-28(21-34-29(27)19-26)31(36)30(24-5-3-2-4-6-24)33-16-13-22-7-9-23(20-32)10-8-22/h2-12,19,21,25,30,33-34H,13-18H2,1H3/t30-/m1/s1. The number of nitrogens with zero attached hydrogens (tertiary/aromatic N) is 2. The van der Waals surface area contributed by atoms with Crippen molar-refractivity contribution in [1.29, 1.82) is 5.26 Å². The number of hydrogen-bond donors (Lipinski definition) is 2. The summed E-state index contributed by atoms with van der Waals surface area (Å²) in [5.41, 5.74) is 4.27. The number of rotatable bonds is 9. The van der Waals surface area contributed by atoms with Crippen LogP contribution in [0.4, 0.5) is 0 Å². The van der Waals surface area contributed by atoms with Crippen LogP contribution in [0.5, 0.6) is 5.75 Å². The Morgan fingerprint density at radius 1 is 1.11 bits per heavy atom. The van der Waals surface area contributed by atoms with Gasteiger partial charge in [-0.15, -0.1) is 0 Å². The number of fused-ring (bicyclic) bond motifs is 1. The van der Waals surface area contributed by atoms with Gasteiger partial charge < -0.3 is 19.9 Å². The maximum atomic E-state index is 13.8. The molecule has 37 heavy (non-hydrogen) atoms. The lowest BCUT2D eigenvalue weighted by Gasteiger charge is -2.29. The van der Waals surface area contributed by atoms with Crippen molar-refractivity contribution in [2.75, 3.05) is 26.7 Å². The molecule has 188 valence electrons. The second-order valence-electron chi connectivity index (χ2n) is 9.75. The summed E-state index contributed by atoms with van der Waals surface area (Å²) in [4.78, 5) is 19.4. The molecule has 2 N–H and O–H groups in total. The van der Waals surface area contributed by atoms with Gasteiger partial charge in [-0.3, -0.25) is 4.79 Å². The molecule has 0 amide bonds. The van der Waals surface area contributed by atoms with E-state index < -0.39 is 6.04 Å². The normalized spacial score (nSPS) is 15.4. The highest BCUT2D eigenvalue weighted by molar-refractivity contribution is 6.10. The van der Waals surface area contributed by atoms with Crippen LogP contribution < -0.4 is 10.1 Å². The van der Waals surface area contributed by atoms with Crippen LogP contribution in [-0.4, -0.2) is 48.5 Å². The lowest BCUT2D eigenvalue weighted by molar-refractivity contribution is 0.0945. The fraction of sp³-hybridized carbons (Fsp3) is 0.290. The van der Waals surface area contributed by atoms with Gasteiger partial charge in [-0.05, 0) is 61.7 Å². The SMILES string of the molecule is CN1CCC(Oc2ccc3c(C(=O)[C@H](NCCc4ccc(C#N)cc4)c4ccccc4)c[nH]c3c2)CC1. The molecule has 6 heteroatoms. The van der Waals surface area contributed by atoms with Crippen LogP contribution >= 0.6 is 0 Å². The molecule has 4 aromatic rings. The van der Waals surface area contributed by atoms with Gasteiger partial charge in [-0.2, -0.15) is 5.26 Å². The number of ketones is 1. The van der Waals surface area contributed by atoms with Gasteiger partial charge in [0.1, 0.15) is 11.9 Å². The van der Waals surface area contributed by atoms with Gasteiger partial charge >= 0.3 is 0 Å². The Kier molecular flexibility index (Phi) is 7.65. The summed E-state index contributed by atoms with van der Waals surface area (Å²) in [5.74, 6) is 0.865. The molecule has 3 aromatic carbocycles. The van der Waals surface area contributed by atoms with Crippen molar-refractivity contribution in [3.63, 3.8) is 0 Å². The second kappa shape index (κ2) is 11.4. The third-order valence-corrected chi connectivity index (χ3v) is 7.13. The minimum atomic E-state index is -0.464. The van der Waals surface area contributed by atoms with Crippen LogP contribution in [0, 0.1) is 11.3 Å². The van der Waals surface area contributed by atoms with Crippen molar-refractivity contribution in [3.05, 3.63) is 101 Å². The summed E-state index contributed by atoms with van der Waals surface area (Å²) in [7, 11) is 2.14. The Morgan fingerprint density at radius 3 is 2.59 bits per heavy atom. The summed E-state index contributed by atoms with van der Waals surface area (Å²) in [6, 6.07) is 25.1. The number of H-pyrrole nitrogens is 1. The van der Waals surface area contributed by atoms with E-state index in [0.29, 0.717) is 17.7 Å². The van der Waals surface area contributed by atoms with Gasteiger partial charge in [0.15, 0.2) is 5.78 Å². The third-order valence-electron chi connectivity index (χ3n) is 7.13. The van der Waals surface area contributed by atoms with Gasteiger partial charge in [0.2, 0.25) is 0 Å². The zero-order valence-corrected chi connectivity index (χ0v) is 21.1. The van der Waals surface area contributed by atoms with Crippen molar-refractivity contribution in [2.45, 2.75) is 31.4 Å². The summed E-state index contributed by atoms with van der Waals surface area (Å²) in [6.07, 6.45) is 4.84. The molecule has 0 saturated carbocycles. The van der Waals surface area contributed by atoms with E-state index >= 15 is 0 Å². The predicted molar refractivity (Wildman–Crippen MR) is 146 cm³/mol. The summed E-state index contributed by atoms with van der Waals surface area (Å²) in [6.45, 7) is 2.73. The molecule has 6 nitrogen and oxygen atoms in total. The topological polar surface area (TPSA) is 81.2 Å². The van der Waals surface area contributed by atoms with Crippen LogP contribution in [0.15, 0.2) is 79.0 Å². The first kappa shape index (κ1) is 24.8. The predicted octanol–water partition coefficient (Wildman–Crippen LogP) is 5.27. The number of Topliss-reactive ketones (excluding diaryl/α,β-unsaturated/α-hetero) is 1. The number of ether oxygens (including phenoxy) is 1. The second-order valence-corrected chi connectivity index (χ2v) is 9.75. The van der Waals surface area contributed by atoms with Crippen molar-refractivity contribution >= 4 is 16.7 Å². The van der Waals surface area contributed by atoms with Gasteiger partial charge in [-0.1, -0.05) is 42.5 Å². The number of nitriles is 1. The van der Waals surface area contributed by atoms with Crippen molar-refractivity contribution in [3.8, 4) is 11.8 Å². The Hall–Kier alpha value is -3.92. The van der Waals surface area contributed by atoms with E-state index in [1.807, 2.05) is 79.0 Å². The largest absolute Gasteiger partial charge is 0.490 e. The van der Waals surface area contributed by atoms with Crippen LogP contribution in [0.25, 0.3) is 10.9 Å². The highest BCUT2D eigenvalue weighted by Crippen LogP contribution is 2.29. The number of carbonyl (C=O) groups excluding carboxylic acids is 1. The number of piperidine rings is 1. The molecule has 0 spiro atoms. The maximum Gasteiger partial charge on any atom is 0.186 e. The van der Waals surface area contributed by atoms with E-state index in [4.69, 9.17) is 10.00 Å². The summed E-state index contributed by atoms with van der Waals surface area (Å²) in [5, 5.41) is 13.4. The van der Waals surface area contributed by atoms with E-state index in [1.165, 1.54) is 0 Å². The first-order valence-electron chi connectivity index (χ1n) is 12.9. The molecule has 1 saturated heterocycles. The average molecular weight is 493 g/mol. The number of hydrogen-bond acceptors (Lipinski definition) is 5. The first-order chi connectivity index (χ1) is 18.1. The van der Waals surface area contributed by atoms with Crippen LogP contribution in [0.1, 0.15) is 45.9 Å². The lowest BCUT2D eigenvalue weighted by atomic mass is 9.96. The molecule has 1 fully saturated rings.